The molecule has 1 N–H and O–H groups in total. The Morgan fingerprint density at radius 3 is 2.47 bits per heavy atom. The second kappa shape index (κ2) is 8.57. The predicted molar refractivity (Wildman–Crippen MR) is 121 cm³/mol. The van der Waals surface area contributed by atoms with Gasteiger partial charge in [-0.25, -0.2) is 14.2 Å². The van der Waals surface area contributed by atoms with Crippen LogP contribution in [0, 0.1) is 5.82 Å². The molecule has 1 aliphatic rings. The molecule has 0 spiro atoms. The first kappa shape index (κ1) is 21.7. The zero-order chi connectivity index (χ0) is 23.0. The Hall–Kier alpha value is -3.49. The number of rotatable bonds is 4. The van der Waals surface area contributed by atoms with Gasteiger partial charge in [0.2, 0.25) is 0 Å². The maximum absolute atomic E-state index is 14.1. The standard InChI is InChI=1S/C23H26FN5O3/c1-4-29-20-19(21(30)26-23(29)32)15(13-17(25-20)14(2)3)22(31)28-11-9-27(10-12-28)18-8-6-5-7-16(18)24/h5-8,13-14H,4,9-12H2,1-3H3,(H,26,30,32). The van der Waals surface area contributed by atoms with Gasteiger partial charge >= 0.3 is 5.69 Å². The van der Waals surface area contributed by atoms with Gasteiger partial charge < -0.3 is 9.80 Å². The van der Waals surface area contributed by atoms with Crippen LogP contribution in [0.15, 0.2) is 39.9 Å². The molecule has 1 saturated heterocycles. The lowest BCUT2D eigenvalue weighted by Gasteiger charge is -2.36. The zero-order valence-electron chi connectivity index (χ0n) is 18.4. The Morgan fingerprint density at radius 2 is 1.84 bits per heavy atom. The number of aromatic nitrogens is 3. The van der Waals surface area contributed by atoms with E-state index in [2.05, 4.69) is 9.97 Å². The lowest BCUT2D eigenvalue weighted by Crippen LogP contribution is -2.49. The van der Waals surface area contributed by atoms with Gasteiger partial charge in [-0.3, -0.25) is 19.1 Å². The molecule has 1 fully saturated rings. The van der Waals surface area contributed by atoms with Crippen molar-refractivity contribution in [3.05, 3.63) is 68.2 Å². The Balaban J connectivity index is 1.72. The third-order valence-electron chi connectivity index (χ3n) is 5.87. The van der Waals surface area contributed by atoms with E-state index in [4.69, 9.17) is 0 Å². The van der Waals surface area contributed by atoms with Crippen molar-refractivity contribution in [3.8, 4) is 0 Å². The number of aromatic amines is 1. The fraction of sp³-hybridized carbons (Fsp3) is 0.391. The average Bonchev–Trinajstić information content (AvgIpc) is 2.78. The van der Waals surface area contributed by atoms with Crippen molar-refractivity contribution in [3.63, 3.8) is 0 Å². The molecule has 0 aliphatic carbocycles. The largest absolute Gasteiger partial charge is 0.366 e. The molecule has 0 unspecified atom stereocenters. The highest BCUT2D eigenvalue weighted by Gasteiger charge is 2.27. The van der Waals surface area contributed by atoms with E-state index in [1.54, 1.807) is 36.1 Å². The van der Waals surface area contributed by atoms with E-state index < -0.39 is 11.2 Å². The number of piperazine rings is 1. The van der Waals surface area contributed by atoms with Gasteiger partial charge in [0.1, 0.15) is 5.82 Å². The van der Waals surface area contributed by atoms with E-state index in [1.165, 1.54) is 10.6 Å². The number of amides is 1. The Bertz CT molecular complexity index is 1290. The van der Waals surface area contributed by atoms with Gasteiger partial charge in [-0.1, -0.05) is 26.0 Å². The van der Waals surface area contributed by atoms with Crippen LogP contribution in [-0.4, -0.2) is 51.5 Å². The molecule has 0 saturated carbocycles. The number of para-hydroxylation sites is 1. The summed E-state index contributed by atoms with van der Waals surface area (Å²) in [5.74, 6) is -0.583. The van der Waals surface area contributed by atoms with E-state index in [9.17, 15) is 18.8 Å². The van der Waals surface area contributed by atoms with Crippen molar-refractivity contribution >= 4 is 22.6 Å². The number of carbonyl (C=O) groups is 1. The Morgan fingerprint density at radius 1 is 1.16 bits per heavy atom. The van der Waals surface area contributed by atoms with Crippen LogP contribution in [0.3, 0.4) is 0 Å². The molecule has 3 aromatic rings. The van der Waals surface area contributed by atoms with Crippen molar-refractivity contribution in [2.45, 2.75) is 33.2 Å². The van der Waals surface area contributed by atoms with E-state index in [0.29, 0.717) is 44.1 Å². The lowest BCUT2D eigenvalue weighted by molar-refractivity contribution is 0.0748. The lowest BCUT2D eigenvalue weighted by atomic mass is 10.0. The molecule has 1 aromatic carbocycles. The number of anilines is 1. The SMILES string of the molecule is CCn1c(=O)[nH]c(=O)c2c(C(=O)N3CCN(c4ccccc4F)CC3)cc(C(C)C)nc21. The fourth-order valence-electron chi connectivity index (χ4n) is 4.08. The van der Waals surface area contributed by atoms with E-state index in [0.717, 1.165) is 0 Å². The number of fused-ring (bicyclic) bond motifs is 1. The summed E-state index contributed by atoms with van der Waals surface area (Å²) < 4.78 is 15.5. The van der Waals surface area contributed by atoms with Gasteiger partial charge in [0.15, 0.2) is 5.65 Å². The summed E-state index contributed by atoms with van der Waals surface area (Å²) in [4.78, 5) is 48.9. The van der Waals surface area contributed by atoms with Crippen LogP contribution in [0.5, 0.6) is 0 Å². The zero-order valence-corrected chi connectivity index (χ0v) is 18.4. The molecular formula is C23H26FN5O3. The van der Waals surface area contributed by atoms with Crippen LogP contribution in [-0.2, 0) is 6.54 Å². The minimum absolute atomic E-state index is 0.00329. The number of hydrogen-bond acceptors (Lipinski definition) is 5. The van der Waals surface area contributed by atoms with Crippen LogP contribution in [0.25, 0.3) is 11.0 Å². The summed E-state index contributed by atoms with van der Waals surface area (Å²) >= 11 is 0. The highest BCUT2D eigenvalue weighted by molar-refractivity contribution is 6.05. The molecule has 0 radical (unpaired) electrons. The molecule has 168 valence electrons. The van der Waals surface area contributed by atoms with Gasteiger partial charge in [-0.15, -0.1) is 0 Å². The molecule has 9 heteroatoms. The summed E-state index contributed by atoms with van der Waals surface area (Å²) in [6.45, 7) is 7.71. The normalized spacial score (nSPS) is 14.4. The van der Waals surface area contributed by atoms with Crippen molar-refractivity contribution in [1.29, 1.82) is 0 Å². The molecule has 1 amide bonds. The summed E-state index contributed by atoms with van der Waals surface area (Å²) in [5.41, 5.74) is 0.445. The quantitative estimate of drug-likeness (QED) is 0.674. The smallest absolute Gasteiger partial charge is 0.329 e. The number of nitrogens with zero attached hydrogens (tertiary/aromatic N) is 4. The second-order valence-corrected chi connectivity index (χ2v) is 8.18. The maximum atomic E-state index is 14.1. The summed E-state index contributed by atoms with van der Waals surface area (Å²) in [7, 11) is 0. The first-order valence-electron chi connectivity index (χ1n) is 10.8. The van der Waals surface area contributed by atoms with Crippen molar-refractivity contribution in [2.75, 3.05) is 31.1 Å². The highest BCUT2D eigenvalue weighted by Crippen LogP contribution is 2.24. The number of nitrogens with one attached hydrogen (secondary N) is 1. The van der Waals surface area contributed by atoms with Crippen molar-refractivity contribution in [2.24, 2.45) is 0 Å². The first-order chi connectivity index (χ1) is 15.3. The topological polar surface area (TPSA) is 91.3 Å². The van der Waals surface area contributed by atoms with E-state index in [1.807, 2.05) is 18.7 Å². The maximum Gasteiger partial charge on any atom is 0.329 e. The molecule has 32 heavy (non-hydrogen) atoms. The number of halogens is 1. The number of aryl methyl sites for hydroxylation is 1. The molecular weight excluding hydrogens is 413 g/mol. The summed E-state index contributed by atoms with van der Waals surface area (Å²) in [6.07, 6.45) is 0. The Labute approximate surface area is 184 Å². The van der Waals surface area contributed by atoms with Gasteiger partial charge in [-0.2, -0.15) is 0 Å². The van der Waals surface area contributed by atoms with E-state index in [-0.39, 0.29) is 34.2 Å². The highest BCUT2D eigenvalue weighted by atomic mass is 19.1. The van der Waals surface area contributed by atoms with Crippen LogP contribution < -0.4 is 16.1 Å². The predicted octanol–water partition coefficient (Wildman–Crippen LogP) is 2.33. The summed E-state index contributed by atoms with van der Waals surface area (Å²) in [5, 5.41) is 0.123. The second-order valence-electron chi connectivity index (χ2n) is 8.18. The van der Waals surface area contributed by atoms with Crippen LogP contribution >= 0.6 is 0 Å². The van der Waals surface area contributed by atoms with E-state index >= 15 is 0 Å². The molecule has 2 aromatic heterocycles. The molecule has 8 nitrogen and oxygen atoms in total. The molecule has 1 aliphatic heterocycles. The third kappa shape index (κ3) is 3.79. The number of carbonyl (C=O) groups excluding carboxylic acids is 1. The van der Waals surface area contributed by atoms with Crippen LogP contribution in [0.2, 0.25) is 0 Å². The summed E-state index contributed by atoms with van der Waals surface area (Å²) in [6, 6.07) is 8.22. The average molecular weight is 439 g/mol. The molecule has 0 atom stereocenters. The molecule has 0 bridgehead atoms. The number of hydrogen-bond donors (Lipinski definition) is 1. The third-order valence-corrected chi connectivity index (χ3v) is 5.87. The van der Waals surface area contributed by atoms with Gasteiger partial charge in [0.25, 0.3) is 11.5 Å². The monoisotopic (exact) mass is 439 g/mol. The van der Waals surface area contributed by atoms with Gasteiger partial charge in [0.05, 0.1) is 16.6 Å². The number of H-pyrrole nitrogens is 1. The minimum Gasteiger partial charge on any atom is -0.366 e. The molecule has 3 heterocycles. The van der Waals surface area contributed by atoms with Crippen molar-refractivity contribution in [1.82, 2.24) is 19.4 Å². The number of benzene rings is 1. The fourth-order valence-corrected chi connectivity index (χ4v) is 4.08. The van der Waals surface area contributed by atoms with Crippen LogP contribution in [0.1, 0.15) is 42.7 Å². The first-order valence-corrected chi connectivity index (χ1v) is 10.8. The van der Waals surface area contributed by atoms with Crippen LogP contribution in [0.4, 0.5) is 10.1 Å². The molecule has 4 rings (SSSR count). The van der Waals surface area contributed by atoms with Crippen molar-refractivity contribution < 1.29 is 9.18 Å². The van der Waals surface area contributed by atoms with Gasteiger partial charge in [-0.05, 0) is 31.0 Å². The minimum atomic E-state index is -0.620. The number of pyridine rings is 1. The Kier molecular flexibility index (Phi) is 5.82. The van der Waals surface area contributed by atoms with Gasteiger partial charge in [0, 0.05) is 38.4 Å².